The summed E-state index contributed by atoms with van der Waals surface area (Å²) in [5.41, 5.74) is -0.672. The molecule has 2 N–H and O–H groups in total. The first-order valence-electron chi connectivity index (χ1n) is 10.9. The van der Waals surface area contributed by atoms with Gasteiger partial charge in [-0.2, -0.15) is 0 Å². The highest BCUT2D eigenvalue weighted by Gasteiger charge is 2.40. The Morgan fingerprint density at radius 2 is 1.75 bits per heavy atom. The number of piperidine rings is 1. The number of aliphatic hydroxyl groups excluding tert-OH is 1. The molecule has 0 radical (unpaired) electrons. The molecule has 1 aromatic heterocycles. The number of carbonyl (C=O) groups excluding carboxylic acids is 3. The summed E-state index contributed by atoms with van der Waals surface area (Å²) in [5.74, 6) is -1.66. The molecule has 2 rings (SSSR count). The number of esters is 1. The van der Waals surface area contributed by atoms with Crippen LogP contribution >= 0.6 is 11.3 Å². The van der Waals surface area contributed by atoms with E-state index in [9.17, 15) is 19.5 Å². The number of anilines is 1. The number of hydrogen-bond donors (Lipinski definition) is 2. The molecular formula is C23H36N2O6S. The first kappa shape index (κ1) is 26.1. The Bertz CT molecular complexity index is 815. The Morgan fingerprint density at radius 1 is 1.16 bits per heavy atom. The van der Waals surface area contributed by atoms with Crippen molar-refractivity contribution in [3.05, 3.63) is 16.3 Å². The van der Waals surface area contributed by atoms with E-state index in [2.05, 4.69) is 5.32 Å². The minimum Gasteiger partial charge on any atom is -0.469 e. The molecule has 0 aliphatic carbocycles. The van der Waals surface area contributed by atoms with Gasteiger partial charge in [0.05, 0.1) is 23.6 Å². The third-order valence-electron chi connectivity index (χ3n) is 5.41. The van der Waals surface area contributed by atoms with Gasteiger partial charge < -0.3 is 24.8 Å². The zero-order valence-electron chi connectivity index (χ0n) is 20.1. The van der Waals surface area contributed by atoms with Gasteiger partial charge in [0.2, 0.25) is 5.91 Å². The number of ether oxygens (including phenoxy) is 2. The van der Waals surface area contributed by atoms with Crippen molar-refractivity contribution in [3.8, 4) is 0 Å². The number of nitrogens with zero attached hydrogens (tertiary/aromatic N) is 1. The maximum atomic E-state index is 12.7. The fourth-order valence-electron chi connectivity index (χ4n) is 3.61. The van der Waals surface area contributed by atoms with Gasteiger partial charge in [0.1, 0.15) is 11.7 Å². The molecule has 1 aliphatic heterocycles. The average Bonchev–Trinajstić information content (AvgIpc) is 3.14. The van der Waals surface area contributed by atoms with E-state index in [0.29, 0.717) is 36.5 Å². The molecule has 2 unspecified atom stereocenters. The number of hydrogen-bond acceptors (Lipinski definition) is 7. The Morgan fingerprint density at radius 3 is 2.25 bits per heavy atom. The lowest BCUT2D eigenvalue weighted by Gasteiger charge is -2.37. The summed E-state index contributed by atoms with van der Waals surface area (Å²) < 4.78 is 10.4. The minimum absolute atomic E-state index is 0.176. The number of methoxy groups -OCH3 is 1. The van der Waals surface area contributed by atoms with Crippen LogP contribution in [0.15, 0.2) is 11.4 Å². The third-order valence-corrected chi connectivity index (χ3v) is 6.39. The Kier molecular flexibility index (Phi) is 8.33. The van der Waals surface area contributed by atoms with Gasteiger partial charge in [0.25, 0.3) is 0 Å². The minimum atomic E-state index is -1.13. The van der Waals surface area contributed by atoms with Crippen LogP contribution in [0, 0.1) is 17.3 Å². The van der Waals surface area contributed by atoms with Gasteiger partial charge in [-0.05, 0) is 51.0 Å². The Hall–Kier alpha value is -2.13. The standard InChI is InChI=1S/C23H36N2O6S/c1-22(2,3)20(28)24-15-10-13-32-18(15)17(26)16(19(27)30-7)14-8-11-25(12-9-14)21(29)31-23(4,5)6/h10,13-14,16-17,26H,8-9,11-12H2,1-7H3,(H,24,28). The summed E-state index contributed by atoms with van der Waals surface area (Å²) in [7, 11) is 1.30. The number of amides is 2. The largest absolute Gasteiger partial charge is 0.469 e. The monoisotopic (exact) mass is 468 g/mol. The summed E-state index contributed by atoms with van der Waals surface area (Å²) in [6.45, 7) is 11.7. The third kappa shape index (κ3) is 6.68. The lowest BCUT2D eigenvalue weighted by Crippen LogP contribution is -2.44. The van der Waals surface area contributed by atoms with Crippen LogP contribution in [0.4, 0.5) is 10.5 Å². The molecular weight excluding hydrogens is 432 g/mol. The highest BCUT2D eigenvalue weighted by Crippen LogP contribution is 2.40. The number of nitrogens with one attached hydrogen (secondary N) is 1. The van der Waals surface area contributed by atoms with E-state index in [1.54, 1.807) is 37.1 Å². The number of likely N-dealkylation sites (tertiary alicyclic amines) is 1. The molecule has 180 valence electrons. The molecule has 8 nitrogen and oxygen atoms in total. The second-order valence-corrected chi connectivity index (χ2v) is 11.1. The Balaban J connectivity index is 2.15. The lowest BCUT2D eigenvalue weighted by molar-refractivity contribution is -0.153. The second-order valence-electron chi connectivity index (χ2n) is 10.2. The van der Waals surface area contributed by atoms with Crippen molar-refractivity contribution >= 4 is 35.0 Å². The average molecular weight is 469 g/mol. The highest BCUT2D eigenvalue weighted by molar-refractivity contribution is 7.10. The molecule has 0 bridgehead atoms. The predicted molar refractivity (Wildman–Crippen MR) is 123 cm³/mol. The SMILES string of the molecule is COC(=O)C(C1CCN(C(=O)OC(C)(C)C)CC1)C(O)c1sccc1NC(=O)C(C)(C)C. The zero-order chi connectivity index (χ0) is 24.3. The van der Waals surface area contributed by atoms with Crippen LogP contribution < -0.4 is 5.32 Å². The number of rotatable bonds is 5. The summed E-state index contributed by atoms with van der Waals surface area (Å²) in [6.07, 6.45) is -0.441. The highest BCUT2D eigenvalue weighted by atomic mass is 32.1. The van der Waals surface area contributed by atoms with E-state index in [1.165, 1.54) is 18.4 Å². The van der Waals surface area contributed by atoms with Crippen molar-refractivity contribution in [1.29, 1.82) is 0 Å². The fourth-order valence-corrected chi connectivity index (χ4v) is 4.49. The lowest BCUT2D eigenvalue weighted by atomic mass is 9.80. The van der Waals surface area contributed by atoms with Gasteiger partial charge in [-0.3, -0.25) is 9.59 Å². The molecule has 2 atom stereocenters. The molecule has 1 aromatic rings. The molecule has 32 heavy (non-hydrogen) atoms. The summed E-state index contributed by atoms with van der Waals surface area (Å²) in [5, 5.41) is 15.8. The zero-order valence-corrected chi connectivity index (χ0v) is 20.9. The van der Waals surface area contributed by atoms with E-state index in [1.807, 2.05) is 20.8 Å². The maximum absolute atomic E-state index is 12.7. The number of carbonyl (C=O) groups is 3. The first-order valence-corrected chi connectivity index (χ1v) is 11.7. The second kappa shape index (κ2) is 10.2. The number of thiophene rings is 1. The molecule has 1 aliphatic rings. The molecule has 2 heterocycles. The van der Waals surface area contributed by atoms with Crippen molar-refractivity contribution in [3.63, 3.8) is 0 Å². The van der Waals surface area contributed by atoms with Gasteiger partial charge in [0, 0.05) is 18.5 Å². The Labute approximate surface area is 194 Å². The van der Waals surface area contributed by atoms with Crippen LogP contribution in [-0.4, -0.2) is 53.8 Å². The molecule has 0 spiro atoms. The van der Waals surface area contributed by atoms with Crippen LogP contribution in [0.5, 0.6) is 0 Å². The predicted octanol–water partition coefficient (Wildman–Crippen LogP) is 4.20. The molecule has 0 aromatic carbocycles. The first-order chi connectivity index (χ1) is 14.7. The van der Waals surface area contributed by atoms with Crippen LogP contribution in [0.3, 0.4) is 0 Å². The quantitative estimate of drug-likeness (QED) is 0.628. The van der Waals surface area contributed by atoms with Crippen molar-refractivity contribution < 1.29 is 29.0 Å². The van der Waals surface area contributed by atoms with E-state index in [0.717, 1.165) is 0 Å². The van der Waals surface area contributed by atoms with Crippen LogP contribution in [-0.2, 0) is 19.1 Å². The molecule has 9 heteroatoms. The number of aliphatic hydroxyl groups is 1. The molecule has 2 amide bonds. The van der Waals surface area contributed by atoms with E-state index >= 15 is 0 Å². The topological polar surface area (TPSA) is 105 Å². The van der Waals surface area contributed by atoms with Gasteiger partial charge in [-0.25, -0.2) is 4.79 Å². The van der Waals surface area contributed by atoms with E-state index in [4.69, 9.17) is 9.47 Å². The van der Waals surface area contributed by atoms with Gasteiger partial charge in [-0.15, -0.1) is 11.3 Å². The van der Waals surface area contributed by atoms with Crippen LogP contribution in [0.2, 0.25) is 0 Å². The van der Waals surface area contributed by atoms with E-state index < -0.39 is 29.0 Å². The maximum Gasteiger partial charge on any atom is 0.410 e. The van der Waals surface area contributed by atoms with E-state index in [-0.39, 0.29) is 17.9 Å². The van der Waals surface area contributed by atoms with Crippen LogP contribution in [0.25, 0.3) is 0 Å². The normalized spacial score (nSPS) is 17.4. The van der Waals surface area contributed by atoms with Crippen molar-refractivity contribution in [2.24, 2.45) is 17.3 Å². The summed E-state index contributed by atoms with van der Waals surface area (Å²) in [4.78, 5) is 39.6. The molecule has 0 saturated carbocycles. The van der Waals surface area contributed by atoms with Gasteiger partial charge >= 0.3 is 12.1 Å². The summed E-state index contributed by atoms with van der Waals surface area (Å²) >= 11 is 1.29. The smallest absolute Gasteiger partial charge is 0.410 e. The van der Waals surface area contributed by atoms with Gasteiger partial charge in [-0.1, -0.05) is 20.8 Å². The summed E-state index contributed by atoms with van der Waals surface area (Å²) in [6, 6.07) is 1.73. The van der Waals surface area contributed by atoms with Crippen molar-refractivity contribution in [1.82, 2.24) is 4.90 Å². The molecule has 1 fully saturated rings. The van der Waals surface area contributed by atoms with Crippen molar-refractivity contribution in [2.45, 2.75) is 66.1 Å². The fraction of sp³-hybridized carbons (Fsp3) is 0.696. The van der Waals surface area contributed by atoms with Gasteiger partial charge in [0.15, 0.2) is 0 Å². The van der Waals surface area contributed by atoms with Crippen molar-refractivity contribution in [2.75, 3.05) is 25.5 Å². The van der Waals surface area contributed by atoms with Crippen LogP contribution in [0.1, 0.15) is 65.4 Å². The molecule has 1 saturated heterocycles.